The molecule has 1 saturated heterocycles. The van der Waals surface area contributed by atoms with Crippen LogP contribution in [0.4, 0.5) is 0 Å². The van der Waals surface area contributed by atoms with Crippen molar-refractivity contribution < 1.29 is 9.47 Å². The lowest BCUT2D eigenvalue weighted by Crippen LogP contribution is -2.39. The summed E-state index contributed by atoms with van der Waals surface area (Å²) in [6.45, 7) is 3.10. The molecular weight excluding hydrogens is 328 g/mol. The fourth-order valence-electron chi connectivity index (χ4n) is 3.22. The lowest BCUT2D eigenvalue weighted by Gasteiger charge is -2.34. The summed E-state index contributed by atoms with van der Waals surface area (Å²) in [6.07, 6.45) is 5.47. The molecule has 26 heavy (non-hydrogen) atoms. The number of nitrogens with one attached hydrogen (secondary N) is 1. The predicted molar refractivity (Wildman–Crippen MR) is 98.8 cm³/mol. The molecule has 1 atom stereocenters. The summed E-state index contributed by atoms with van der Waals surface area (Å²) >= 11 is 0. The Hall–Kier alpha value is -2.70. The van der Waals surface area contributed by atoms with Crippen molar-refractivity contribution in [3.8, 4) is 17.0 Å². The molecule has 0 saturated carbocycles. The second-order valence-corrected chi connectivity index (χ2v) is 6.33. The van der Waals surface area contributed by atoms with Crippen LogP contribution in [0.15, 0.2) is 55.0 Å². The molecule has 0 radical (unpaired) electrons. The van der Waals surface area contributed by atoms with Gasteiger partial charge in [-0.15, -0.1) is 0 Å². The first-order valence-electron chi connectivity index (χ1n) is 8.73. The maximum absolute atomic E-state index is 5.72. The van der Waals surface area contributed by atoms with Gasteiger partial charge in [-0.05, 0) is 29.8 Å². The van der Waals surface area contributed by atoms with Crippen molar-refractivity contribution in [1.82, 2.24) is 19.9 Å². The molecule has 1 aliphatic heterocycles. The summed E-state index contributed by atoms with van der Waals surface area (Å²) in [5.41, 5.74) is 3.25. The molecule has 3 heterocycles. The largest absolute Gasteiger partial charge is 0.497 e. The monoisotopic (exact) mass is 350 g/mol. The number of morpholine rings is 1. The molecule has 1 aliphatic rings. The van der Waals surface area contributed by atoms with Gasteiger partial charge in [-0.3, -0.25) is 9.88 Å². The standard InChI is InChI=1S/C20H22N4O2/c1-25-17-6-4-15(5-7-17)13-24-9-10-26-14-19(24)20-22-12-18(23-20)16-3-2-8-21-11-16/h2-8,11-12,19H,9-10,13-14H2,1H3,(H,22,23)/t19-/m0/s1. The van der Waals surface area contributed by atoms with Gasteiger partial charge in [-0.1, -0.05) is 12.1 Å². The minimum absolute atomic E-state index is 0.108. The summed E-state index contributed by atoms with van der Waals surface area (Å²) in [5, 5.41) is 0. The Morgan fingerprint density at radius 1 is 1.23 bits per heavy atom. The van der Waals surface area contributed by atoms with Gasteiger partial charge >= 0.3 is 0 Å². The number of aromatic nitrogens is 3. The van der Waals surface area contributed by atoms with E-state index >= 15 is 0 Å². The summed E-state index contributed by atoms with van der Waals surface area (Å²) in [7, 11) is 1.68. The molecule has 4 rings (SSSR count). The van der Waals surface area contributed by atoms with E-state index < -0.39 is 0 Å². The SMILES string of the molecule is COc1ccc(CN2CCOC[C@H]2c2ncc(-c3cccnc3)[nH]2)cc1. The van der Waals surface area contributed by atoms with Gasteiger partial charge in [0.05, 0.1) is 38.3 Å². The van der Waals surface area contributed by atoms with Crippen LogP contribution in [0.5, 0.6) is 5.75 Å². The van der Waals surface area contributed by atoms with E-state index in [0.29, 0.717) is 6.61 Å². The van der Waals surface area contributed by atoms with E-state index in [-0.39, 0.29) is 6.04 Å². The van der Waals surface area contributed by atoms with Crippen molar-refractivity contribution in [3.05, 3.63) is 66.4 Å². The third-order valence-corrected chi connectivity index (χ3v) is 4.67. The van der Waals surface area contributed by atoms with Crippen molar-refractivity contribution in [2.24, 2.45) is 0 Å². The van der Waals surface area contributed by atoms with Gasteiger partial charge in [0.2, 0.25) is 0 Å². The first kappa shape index (κ1) is 16.8. The average Bonchev–Trinajstić information content (AvgIpc) is 3.20. The number of H-pyrrole nitrogens is 1. The lowest BCUT2D eigenvalue weighted by atomic mass is 10.1. The Morgan fingerprint density at radius 2 is 2.12 bits per heavy atom. The van der Waals surface area contributed by atoms with Gasteiger partial charge in [0.15, 0.2) is 0 Å². The minimum Gasteiger partial charge on any atom is -0.497 e. The second kappa shape index (κ2) is 7.68. The number of ether oxygens (including phenoxy) is 2. The van der Waals surface area contributed by atoms with Gasteiger partial charge in [0.25, 0.3) is 0 Å². The van der Waals surface area contributed by atoms with E-state index in [2.05, 4.69) is 32.0 Å². The van der Waals surface area contributed by atoms with Crippen molar-refractivity contribution >= 4 is 0 Å². The summed E-state index contributed by atoms with van der Waals surface area (Å²) in [4.78, 5) is 14.6. The van der Waals surface area contributed by atoms with Crippen molar-refractivity contribution in [2.75, 3.05) is 26.9 Å². The second-order valence-electron chi connectivity index (χ2n) is 6.33. The summed E-state index contributed by atoms with van der Waals surface area (Å²) < 4.78 is 11.0. The number of methoxy groups -OCH3 is 1. The van der Waals surface area contributed by atoms with Crippen LogP contribution in [0.25, 0.3) is 11.3 Å². The molecule has 2 aromatic heterocycles. The first-order valence-corrected chi connectivity index (χ1v) is 8.73. The van der Waals surface area contributed by atoms with Crippen LogP contribution >= 0.6 is 0 Å². The van der Waals surface area contributed by atoms with E-state index in [4.69, 9.17) is 9.47 Å². The van der Waals surface area contributed by atoms with E-state index in [1.807, 2.05) is 36.7 Å². The van der Waals surface area contributed by atoms with Crippen molar-refractivity contribution in [1.29, 1.82) is 0 Å². The molecule has 0 unspecified atom stereocenters. The number of aromatic amines is 1. The number of imidazole rings is 1. The molecule has 0 bridgehead atoms. The summed E-state index contributed by atoms with van der Waals surface area (Å²) in [6, 6.07) is 12.3. The fraction of sp³-hybridized carbons (Fsp3) is 0.300. The van der Waals surface area contributed by atoms with Crippen LogP contribution in [0, 0.1) is 0 Å². The quantitative estimate of drug-likeness (QED) is 0.766. The minimum atomic E-state index is 0.108. The average molecular weight is 350 g/mol. The normalized spacial score (nSPS) is 18.0. The molecule has 1 N–H and O–H groups in total. The highest BCUT2D eigenvalue weighted by Crippen LogP contribution is 2.26. The Morgan fingerprint density at radius 3 is 2.88 bits per heavy atom. The molecule has 6 heteroatoms. The van der Waals surface area contributed by atoms with Crippen LogP contribution in [0.1, 0.15) is 17.4 Å². The highest BCUT2D eigenvalue weighted by molar-refractivity contribution is 5.56. The molecular formula is C20H22N4O2. The lowest BCUT2D eigenvalue weighted by molar-refractivity contribution is -0.0156. The molecule has 3 aromatic rings. The molecule has 0 aliphatic carbocycles. The van der Waals surface area contributed by atoms with Gasteiger partial charge in [0.1, 0.15) is 11.6 Å². The van der Waals surface area contributed by atoms with Crippen molar-refractivity contribution in [2.45, 2.75) is 12.6 Å². The summed E-state index contributed by atoms with van der Waals surface area (Å²) in [5.74, 6) is 1.80. The Balaban J connectivity index is 1.53. The van der Waals surface area contributed by atoms with Crippen molar-refractivity contribution in [3.63, 3.8) is 0 Å². The van der Waals surface area contributed by atoms with Crippen LogP contribution < -0.4 is 4.74 Å². The molecule has 1 aromatic carbocycles. The van der Waals surface area contributed by atoms with Crippen LogP contribution in [0.3, 0.4) is 0 Å². The highest BCUT2D eigenvalue weighted by Gasteiger charge is 2.27. The van der Waals surface area contributed by atoms with E-state index in [1.54, 1.807) is 13.3 Å². The zero-order valence-corrected chi connectivity index (χ0v) is 14.8. The van der Waals surface area contributed by atoms with Gasteiger partial charge in [0, 0.05) is 31.0 Å². The number of nitrogens with zero attached hydrogens (tertiary/aromatic N) is 3. The van der Waals surface area contributed by atoms with Gasteiger partial charge in [-0.2, -0.15) is 0 Å². The van der Waals surface area contributed by atoms with Crippen LogP contribution in [-0.2, 0) is 11.3 Å². The third-order valence-electron chi connectivity index (χ3n) is 4.67. The number of benzene rings is 1. The number of hydrogen-bond acceptors (Lipinski definition) is 5. The molecule has 134 valence electrons. The zero-order valence-electron chi connectivity index (χ0n) is 14.8. The number of rotatable bonds is 5. The predicted octanol–water partition coefficient (Wildman–Crippen LogP) is 3.05. The molecule has 0 amide bonds. The zero-order chi connectivity index (χ0) is 17.8. The van der Waals surface area contributed by atoms with Gasteiger partial charge < -0.3 is 14.5 Å². The third kappa shape index (κ3) is 3.61. The smallest absolute Gasteiger partial charge is 0.126 e. The Bertz CT molecular complexity index is 833. The van der Waals surface area contributed by atoms with Crippen LogP contribution in [0.2, 0.25) is 0 Å². The molecule has 0 spiro atoms. The Kier molecular flexibility index (Phi) is 4.95. The van der Waals surface area contributed by atoms with E-state index in [0.717, 1.165) is 42.5 Å². The molecule has 1 fully saturated rings. The maximum atomic E-state index is 5.72. The number of hydrogen-bond donors (Lipinski definition) is 1. The topological polar surface area (TPSA) is 63.3 Å². The number of pyridine rings is 1. The van der Waals surface area contributed by atoms with Crippen LogP contribution in [-0.4, -0.2) is 46.7 Å². The Labute approximate surface area is 152 Å². The van der Waals surface area contributed by atoms with E-state index in [1.165, 1.54) is 5.56 Å². The van der Waals surface area contributed by atoms with Gasteiger partial charge in [-0.25, -0.2) is 4.98 Å². The maximum Gasteiger partial charge on any atom is 0.126 e. The fourth-order valence-corrected chi connectivity index (χ4v) is 3.22. The first-order chi connectivity index (χ1) is 12.8. The molecule has 6 nitrogen and oxygen atoms in total. The van der Waals surface area contributed by atoms with E-state index in [9.17, 15) is 0 Å². The highest BCUT2D eigenvalue weighted by atomic mass is 16.5.